The maximum Gasteiger partial charge on any atom is 0.322 e. The highest BCUT2D eigenvalue weighted by Gasteiger charge is 2.27. The molecule has 1 amide bonds. The van der Waals surface area contributed by atoms with Crippen LogP contribution in [0, 0.1) is 6.92 Å². The Bertz CT molecular complexity index is 696. The van der Waals surface area contributed by atoms with Crippen LogP contribution in [0.5, 0.6) is 11.8 Å². The quantitative estimate of drug-likeness (QED) is 0.776. The van der Waals surface area contributed by atoms with Gasteiger partial charge in [-0.1, -0.05) is 0 Å². The second-order valence-corrected chi connectivity index (χ2v) is 5.45. The summed E-state index contributed by atoms with van der Waals surface area (Å²) in [5.41, 5.74) is 1.49. The maximum atomic E-state index is 12.0. The maximum absolute atomic E-state index is 12.0. The highest BCUT2D eigenvalue weighted by Crippen LogP contribution is 2.20. The van der Waals surface area contributed by atoms with Gasteiger partial charge in [0.05, 0.1) is 12.1 Å². The fraction of sp³-hybridized carbons (Fsp3) is 0.312. The van der Waals surface area contributed by atoms with E-state index < -0.39 is 6.10 Å². The van der Waals surface area contributed by atoms with E-state index in [-0.39, 0.29) is 30.4 Å². The highest BCUT2D eigenvalue weighted by molar-refractivity contribution is 5.95. The van der Waals surface area contributed by atoms with E-state index in [1.807, 2.05) is 6.92 Å². The average Bonchev–Trinajstić information content (AvgIpc) is 2.96. The molecule has 1 aromatic heterocycles. The molecule has 1 aliphatic heterocycles. The van der Waals surface area contributed by atoms with Crippen molar-refractivity contribution in [3.8, 4) is 11.8 Å². The lowest BCUT2D eigenvalue weighted by Gasteiger charge is -2.11. The zero-order valence-electron chi connectivity index (χ0n) is 13.1. The minimum Gasteiger partial charge on any atom is -0.424 e. The Kier molecular flexibility index (Phi) is 6.08. The van der Waals surface area contributed by atoms with Crippen LogP contribution in [0.3, 0.4) is 0 Å². The summed E-state index contributed by atoms with van der Waals surface area (Å²) < 4.78 is 5.55. The van der Waals surface area contributed by atoms with Crippen molar-refractivity contribution in [1.29, 1.82) is 0 Å². The van der Waals surface area contributed by atoms with Gasteiger partial charge in [0.2, 0.25) is 5.91 Å². The van der Waals surface area contributed by atoms with E-state index >= 15 is 0 Å². The molecule has 3 N–H and O–H groups in total. The first-order valence-electron chi connectivity index (χ1n) is 7.40. The molecule has 1 aromatic carbocycles. The van der Waals surface area contributed by atoms with Crippen molar-refractivity contribution in [2.24, 2.45) is 0 Å². The van der Waals surface area contributed by atoms with Crippen LogP contribution in [-0.4, -0.2) is 39.7 Å². The van der Waals surface area contributed by atoms with E-state index in [9.17, 15) is 9.90 Å². The average molecular weight is 351 g/mol. The van der Waals surface area contributed by atoms with E-state index in [0.717, 1.165) is 5.69 Å². The summed E-state index contributed by atoms with van der Waals surface area (Å²) in [5.74, 6) is 0.431. The Labute approximate surface area is 145 Å². The van der Waals surface area contributed by atoms with Gasteiger partial charge in [-0.25, -0.2) is 9.97 Å². The largest absolute Gasteiger partial charge is 0.424 e. The normalized spacial score (nSPS) is 19.4. The molecule has 1 fully saturated rings. The lowest BCUT2D eigenvalue weighted by molar-refractivity contribution is -0.117. The van der Waals surface area contributed by atoms with Crippen LogP contribution >= 0.6 is 12.4 Å². The number of hydrogen-bond acceptors (Lipinski definition) is 6. The van der Waals surface area contributed by atoms with Gasteiger partial charge in [-0.15, -0.1) is 12.4 Å². The number of rotatable bonds is 4. The predicted molar refractivity (Wildman–Crippen MR) is 91.6 cm³/mol. The number of ether oxygens (including phenoxy) is 1. The van der Waals surface area contributed by atoms with Gasteiger partial charge in [0.25, 0.3) is 0 Å². The summed E-state index contributed by atoms with van der Waals surface area (Å²) in [4.78, 5) is 20.2. The summed E-state index contributed by atoms with van der Waals surface area (Å²) in [7, 11) is 0. The standard InChI is InChI=1S/C16H18N4O3.ClH/c1-10-6-7-17-16(19-10)23-13-4-2-11(3-5-13)20-15(22)14-8-12(21)9-18-14;/h2-7,12,14,18,21H,8-9H2,1H3,(H,20,22);1H. The van der Waals surface area contributed by atoms with Crippen LogP contribution in [0.1, 0.15) is 12.1 Å². The molecular weight excluding hydrogens is 332 g/mol. The van der Waals surface area contributed by atoms with Gasteiger partial charge >= 0.3 is 6.01 Å². The topological polar surface area (TPSA) is 96.4 Å². The molecule has 0 aliphatic carbocycles. The van der Waals surface area contributed by atoms with Gasteiger partial charge in [0, 0.05) is 24.1 Å². The molecule has 0 radical (unpaired) electrons. The summed E-state index contributed by atoms with van der Waals surface area (Å²) in [6.45, 7) is 2.31. The fourth-order valence-corrected chi connectivity index (χ4v) is 2.33. The minimum absolute atomic E-state index is 0. The Morgan fingerprint density at radius 1 is 1.33 bits per heavy atom. The molecule has 1 aliphatic rings. The number of amides is 1. The number of aliphatic hydroxyl groups excluding tert-OH is 1. The van der Waals surface area contributed by atoms with Crippen molar-refractivity contribution in [3.05, 3.63) is 42.2 Å². The van der Waals surface area contributed by atoms with Crippen LogP contribution in [0.15, 0.2) is 36.5 Å². The number of β-amino-alcohol motifs (C(OH)–C–C–N with tert-alkyl or cyclic N) is 1. The Hall–Kier alpha value is -2.22. The molecular formula is C16H19ClN4O3. The van der Waals surface area contributed by atoms with Crippen molar-refractivity contribution in [2.45, 2.75) is 25.5 Å². The first kappa shape index (κ1) is 18.1. The van der Waals surface area contributed by atoms with Crippen molar-refractivity contribution in [3.63, 3.8) is 0 Å². The molecule has 0 spiro atoms. The summed E-state index contributed by atoms with van der Waals surface area (Å²) in [6, 6.07) is 8.67. The number of carbonyl (C=O) groups excluding carboxylic acids is 1. The number of aryl methyl sites for hydroxylation is 1. The van der Waals surface area contributed by atoms with Crippen LogP contribution in [0.2, 0.25) is 0 Å². The number of nitrogens with one attached hydrogen (secondary N) is 2. The Balaban J connectivity index is 0.00000208. The van der Waals surface area contributed by atoms with E-state index in [0.29, 0.717) is 24.4 Å². The predicted octanol–water partition coefficient (Wildman–Crippen LogP) is 1.66. The van der Waals surface area contributed by atoms with E-state index in [1.54, 1.807) is 36.5 Å². The number of benzene rings is 1. The third-order valence-electron chi connectivity index (χ3n) is 3.53. The zero-order valence-corrected chi connectivity index (χ0v) is 13.9. The molecule has 2 unspecified atom stereocenters. The third kappa shape index (κ3) is 4.64. The number of anilines is 1. The van der Waals surface area contributed by atoms with Crippen LogP contribution in [-0.2, 0) is 4.79 Å². The fourth-order valence-electron chi connectivity index (χ4n) is 2.33. The van der Waals surface area contributed by atoms with Gasteiger partial charge in [-0.05, 0) is 43.7 Å². The smallest absolute Gasteiger partial charge is 0.322 e. The Morgan fingerprint density at radius 2 is 2.08 bits per heavy atom. The molecule has 128 valence electrons. The number of hydrogen-bond donors (Lipinski definition) is 3. The van der Waals surface area contributed by atoms with Gasteiger partial charge in [0.15, 0.2) is 0 Å². The van der Waals surface area contributed by atoms with Crippen molar-refractivity contribution in [2.75, 3.05) is 11.9 Å². The first-order chi connectivity index (χ1) is 11.1. The lowest BCUT2D eigenvalue weighted by atomic mass is 10.2. The monoisotopic (exact) mass is 350 g/mol. The molecule has 1 saturated heterocycles. The molecule has 2 aromatic rings. The van der Waals surface area contributed by atoms with Crippen molar-refractivity contribution in [1.82, 2.24) is 15.3 Å². The van der Waals surface area contributed by atoms with Crippen molar-refractivity contribution >= 4 is 24.0 Å². The van der Waals surface area contributed by atoms with Gasteiger partial charge in [-0.2, -0.15) is 0 Å². The van der Waals surface area contributed by atoms with Crippen LogP contribution in [0.25, 0.3) is 0 Å². The van der Waals surface area contributed by atoms with E-state index in [1.165, 1.54) is 0 Å². The number of aliphatic hydroxyl groups is 1. The van der Waals surface area contributed by atoms with Gasteiger partial charge in [-0.3, -0.25) is 4.79 Å². The van der Waals surface area contributed by atoms with E-state index in [2.05, 4.69) is 20.6 Å². The molecule has 7 nitrogen and oxygen atoms in total. The SMILES string of the molecule is Cc1ccnc(Oc2ccc(NC(=O)C3CC(O)CN3)cc2)n1.Cl. The lowest BCUT2D eigenvalue weighted by Crippen LogP contribution is -2.35. The molecule has 0 saturated carbocycles. The summed E-state index contributed by atoms with van der Waals surface area (Å²) >= 11 is 0. The second-order valence-electron chi connectivity index (χ2n) is 5.45. The van der Waals surface area contributed by atoms with E-state index in [4.69, 9.17) is 4.74 Å². The number of carbonyl (C=O) groups is 1. The number of aromatic nitrogens is 2. The van der Waals surface area contributed by atoms with Gasteiger partial charge < -0.3 is 20.5 Å². The van der Waals surface area contributed by atoms with Crippen molar-refractivity contribution < 1.29 is 14.6 Å². The Morgan fingerprint density at radius 3 is 2.71 bits per heavy atom. The molecule has 2 atom stereocenters. The molecule has 2 heterocycles. The summed E-state index contributed by atoms with van der Waals surface area (Å²) in [5, 5.41) is 15.2. The first-order valence-corrected chi connectivity index (χ1v) is 7.40. The van der Waals surface area contributed by atoms with Crippen LogP contribution in [0.4, 0.5) is 5.69 Å². The highest BCUT2D eigenvalue weighted by atomic mass is 35.5. The number of halogens is 1. The molecule has 3 rings (SSSR count). The number of nitrogens with zero attached hydrogens (tertiary/aromatic N) is 2. The molecule has 24 heavy (non-hydrogen) atoms. The second kappa shape index (κ2) is 8.05. The van der Waals surface area contributed by atoms with Gasteiger partial charge in [0.1, 0.15) is 5.75 Å². The van der Waals surface area contributed by atoms with Crippen LogP contribution < -0.4 is 15.4 Å². The molecule has 8 heteroatoms. The zero-order chi connectivity index (χ0) is 16.2. The minimum atomic E-state index is -0.462. The third-order valence-corrected chi connectivity index (χ3v) is 3.53. The molecule has 0 bridgehead atoms. The summed E-state index contributed by atoms with van der Waals surface area (Å²) in [6.07, 6.45) is 1.60.